The Labute approximate surface area is 230 Å². The molecule has 5 rings (SSSR count). The number of carboxylic acid groups (broad SMARTS) is 1. The molecule has 1 unspecified atom stereocenters. The van der Waals surface area contributed by atoms with Crippen molar-refractivity contribution in [2.24, 2.45) is 0 Å². The maximum atomic E-state index is 12.9. The van der Waals surface area contributed by atoms with Gasteiger partial charge in [0.25, 0.3) is 5.91 Å². The highest BCUT2D eigenvalue weighted by atomic mass is 32.1. The van der Waals surface area contributed by atoms with Crippen LogP contribution in [0.25, 0.3) is 21.5 Å². The van der Waals surface area contributed by atoms with Crippen LogP contribution in [0.3, 0.4) is 0 Å². The van der Waals surface area contributed by atoms with Gasteiger partial charge in [-0.15, -0.1) is 11.3 Å². The summed E-state index contributed by atoms with van der Waals surface area (Å²) < 4.78 is 0. The van der Waals surface area contributed by atoms with Gasteiger partial charge >= 0.3 is 5.97 Å². The predicted molar refractivity (Wildman–Crippen MR) is 156 cm³/mol. The van der Waals surface area contributed by atoms with E-state index in [1.807, 2.05) is 81.4 Å². The number of nitrogens with one attached hydrogen (secondary N) is 3. The van der Waals surface area contributed by atoms with E-state index in [2.05, 4.69) is 32.0 Å². The molecule has 0 fully saturated rings. The van der Waals surface area contributed by atoms with Crippen LogP contribution in [0.15, 0.2) is 72.1 Å². The number of aryl methyl sites for hydroxylation is 3. The van der Waals surface area contributed by atoms with Gasteiger partial charge in [0.15, 0.2) is 0 Å². The fourth-order valence-corrected chi connectivity index (χ4v) is 5.77. The molecule has 5 aromatic rings. The number of fused-ring (bicyclic) bond motifs is 1. The summed E-state index contributed by atoms with van der Waals surface area (Å²) in [6.07, 6.45) is 0.197. The number of carbonyl (C=O) groups excluding carboxylic acids is 1. The fourth-order valence-electron chi connectivity index (χ4n) is 4.85. The van der Waals surface area contributed by atoms with E-state index in [9.17, 15) is 14.7 Å². The maximum absolute atomic E-state index is 12.9. The normalized spacial score (nSPS) is 11.9. The Kier molecular flexibility index (Phi) is 7.47. The molecule has 1 amide bonds. The monoisotopic (exact) mass is 538 g/mol. The van der Waals surface area contributed by atoms with E-state index in [1.54, 1.807) is 11.3 Å². The molecule has 198 valence electrons. The van der Waals surface area contributed by atoms with Crippen molar-refractivity contribution in [3.05, 3.63) is 105 Å². The molecule has 0 radical (unpaired) electrons. The van der Waals surface area contributed by atoms with Gasteiger partial charge in [0, 0.05) is 23.4 Å². The van der Waals surface area contributed by atoms with Crippen LogP contribution in [0.5, 0.6) is 0 Å². The third kappa shape index (κ3) is 6.02. The summed E-state index contributed by atoms with van der Waals surface area (Å²) in [6.45, 7) is 6.36. The van der Waals surface area contributed by atoms with Crippen LogP contribution in [-0.4, -0.2) is 33.0 Å². The van der Waals surface area contributed by atoms with Gasteiger partial charge in [-0.2, -0.15) is 0 Å². The molecule has 1 atom stereocenters. The fraction of sp³-hybridized carbons (Fsp3) is 0.194. The van der Waals surface area contributed by atoms with Gasteiger partial charge in [0.05, 0.1) is 11.0 Å². The van der Waals surface area contributed by atoms with Gasteiger partial charge in [0.1, 0.15) is 6.04 Å². The van der Waals surface area contributed by atoms with Crippen molar-refractivity contribution < 1.29 is 14.7 Å². The van der Waals surface area contributed by atoms with Gasteiger partial charge in [-0.25, -0.2) is 9.78 Å². The Morgan fingerprint density at radius 1 is 0.974 bits per heavy atom. The molecule has 0 aliphatic heterocycles. The number of thiophene rings is 1. The lowest BCUT2D eigenvalue weighted by atomic mass is 9.98. The summed E-state index contributed by atoms with van der Waals surface area (Å²) >= 11 is 1.66. The molecule has 8 heteroatoms. The van der Waals surface area contributed by atoms with Crippen LogP contribution in [0.4, 0.5) is 5.95 Å². The van der Waals surface area contributed by atoms with Crippen LogP contribution in [0.2, 0.25) is 0 Å². The molecule has 7 nitrogen and oxygen atoms in total. The number of para-hydroxylation sites is 2. The first-order valence-electron chi connectivity index (χ1n) is 12.7. The van der Waals surface area contributed by atoms with Gasteiger partial charge in [-0.3, -0.25) is 4.79 Å². The van der Waals surface area contributed by atoms with Crippen molar-refractivity contribution in [2.45, 2.75) is 39.8 Å². The predicted octanol–water partition coefficient (Wildman–Crippen LogP) is 6.25. The number of H-pyrrole nitrogens is 1. The number of aromatic nitrogens is 2. The number of hydrogen-bond donors (Lipinski definition) is 4. The first-order valence-corrected chi connectivity index (χ1v) is 13.6. The second-order valence-electron chi connectivity index (χ2n) is 9.81. The molecule has 2 heterocycles. The van der Waals surface area contributed by atoms with Crippen LogP contribution < -0.4 is 10.6 Å². The van der Waals surface area contributed by atoms with Crippen LogP contribution >= 0.6 is 11.3 Å². The lowest BCUT2D eigenvalue weighted by Gasteiger charge is -2.17. The van der Waals surface area contributed by atoms with Crippen molar-refractivity contribution in [2.75, 3.05) is 5.32 Å². The molecule has 0 aliphatic rings. The number of imidazole rings is 1. The zero-order valence-corrected chi connectivity index (χ0v) is 22.9. The summed E-state index contributed by atoms with van der Waals surface area (Å²) in [6, 6.07) is 20.7. The van der Waals surface area contributed by atoms with E-state index in [0.717, 1.165) is 55.2 Å². The van der Waals surface area contributed by atoms with E-state index in [4.69, 9.17) is 0 Å². The molecular weight excluding hydrogens is 508 g/mol. The second-order valence-corrected chi connectivity index (χ2v) is 10.7. The first kappa shape index (κ1) is 26.2. The SMILES string of the molecule is Cc1cc(C)c(C(=O)NC(Cc2ccc(-c3cc(CNc4nc5ccccc5[nH]4)cs3)cc2)C(=O)O)c(C)c1. The minimum atomic E-state index is -1.06. The Morgan fingerprint density at radius 2 is 1.69 bits per heavy atom. The molecule has 0 spiro atoms. The molecule has 0 bridgehead atoms. The van der Waals surface area contributed by atoms with Gasteiger partial charge < -0.3 is 20.7 Å². The minimum Gasteiger partial charge on any atom is -0.480 e. The van der Waals surface area contributed by atoms with Gasteiger partial charge in [0.2, 0.25) is 5.95 Å². The quantitative estimate of drug-likeness (QED) is 0.177. The number of rotatable bonds is 9. The maximum Gasteiger partial charge on any atom is 0.326 e. The molecule has 0 saturated carbocycles. The molecule has 39 heavy (non-hydrogen) atoms. The number of carboxylic acids is 1. The molecule has 3 aromatic carbocycles. The molecule has 0 aliphatic carbocycles. The smallest absolute Gasteiger partial charge is 0.326 e. The lowest BCUT2D eigenvalue weighted by molar-refractivity contribution is -0.139. The van der Waals surface area contributed by atoms with Crippen LogP contribution in [0, 0.1) is 20.8 Å². The Bertz CT molecular complexity index is 1600. The Morgan fingerprint density at radius 3 is 2.38 bits per heavy atom. The number of aliphatic carboxylic acids is 1. The second kappa shape index (κ2) is 11.1. The summed E-state index contributed by atoms with van der Waals surface area (Å²) in [7, 11) is 0. The third-order valence-electron chi connectivity index (χ3n) is 6.69. The average Bonchev–Trinajstić information content (AvgIpc) is 3.54. The number of hydrogen-bond acceptors (Lipinski definition) is 5. The van der Waals surface area contributed by atoms with Crippen LogP contribution in [0.1, 0.15) is 38.2 Å². The van der Waals surface area contributed by atoms with E-state index in [-0.39, 0.29) is 12.3 Å². The number of anilines is 1. The van der Waals surface area contributed by atoms with E-state index < -0.39 is 12.0 Å². The van der Waals surface area contributed by atoms with E-state index >= 15 is 0 Å². The zero-order chi connectivity index (χ0) is 27.5. The highest BCUT2D eigenvalue weighted by molar-refractivity contribution is 7.13. The molecule has 4 N–H and O–H groups in total. The number of aromatic amines is 1. The number of benzene rings is 3. The Hall–Kier alpha value is -4.43. The zero-order valence-electron chi connectivity index (χ0n) is 22.0. The van der Waals surface area contributed by atoms with E-state index in [1.165, 1.54) is 0 Å². The Balaban J connectivity index is 1.22. The molecular formula is C31H30N4O3S. The number of carbonyl (C=O) groups is 2. The highest BCUT2D eigenvalue weighted by Crippen LogP contribution is 2.28. The summed E-state index contributed by atoms with van der Waals surface area (Å²) in [5, 5.41) is 18.0. The topological polar surface area (TPSA) is 107 Å². The number of nitrogens with zero attached hydrogens (tertiary/aromatic N) is 1. The summed E-state index contributed by atoms with van der Waals surface area (Å²) in [5.74, 6) is -0.688. The number of amides is 1. The highest BCUT2D eigenvalue weighted by Gasteiger charge is 2.23. The average molecular weight is 539 g/mol. The lowest BCUT2D eigenvalue weighted by Crippen LogP contribution is -2.42. The first-order chi connectivity index (χ1) is 18.8. The third-order valence-corrected chi connectivity index (χ3v) is 7.72. The largest absolute Gasteiger partial charge is 0.480 e. The van der Waals surface area contributed by atoms with Crippen molar-refractivity contribution in [3.63, 3.8) is 0 Å². The summed E-state index contributed by atoms with van der Waals surface area (Å²) in [5.41, 5.74) is 8.24. The summed E-state index contributed by atoms with van der Waals surface area (Å²) in [4.78, 5) is 33.9. The van der Waals surface area contributed by atoms with Crippen molar-refractivity contribution in [3.8, 4) is 10.4 Å². The van der Waals surface area contributed by atoms with Gasteiger partial charge in [-0.1, -0.05) is 54.1 Å². The van der Waals surface area contributed by atoms with Gasteiger partial charge in [-0.05, 0) is 72.2 Å². The van der Waals surface area contributed by atoms with Crippen molar-refractivity contribution >= 4 is 40.2 Å². The molecule has 0 saturated heterocycles. The van der Waals surface area contributed by atoms with Crippen molar-refractivity contribution in [1.29, 1.82) is 0 Å². The molecule has 2 aromatic heterocycles. The standard InChI is InChI=1S/C31H30N4O3S/c1-18-12-19(2)28(20(3)13-18)29(36)33-26(30(37)38)14-21-8-10-23(11-9-21)27-15-22(17-39-27)16-32-31-34-24-6-4-5-7-25(24)35-31/h4-13,15,17,26H,14,16H2,1-3H3,(H,33,36)(H,37,38)(H2,32,34,35). The van der Waals surface area contributed by atoms with Crippen molar-refractivity contribution in [1.82, 2.24) is 15.3 Å². The van der Waals surface area contributed by atoms with E-state index in [0.29, 0.717) is 12.1 Å². The van der Waals surface area contributed by atoms with Crippen LogP contribution in [-0.2, 0) is 17.8 Å². The minimum absolute atomic E-state index is 0.197.